The fourth-order valence-corrected chi connectivity index (χ4v) is 3.08. The highest BCUT2D eigenvalue weighted by atomic mass is 79.9. The van der Waals surface area contributed by atoms with Gasteiger partial charge < -0.3 is 19.5 Å². The number of nitrogens with one attached hydrogen (secondary N) is 1. The molecule has 0 atom stereocenters. The summed E-state index contributed by atoms with van der Waals surface area (Å²) in [5, 5.41) is 3.27. The molecule has 0 saturated heterocycles. The van der Waals surface area contributed by atoms with Crippen LogP contribution in [0.15, 0.2) is 34.8 Å². The molecule has 0 unspecified atom stereocenters. The van der Waals surface area contributed by atoms with Crippen molar-refractivity contribution >= 4 is 39.1 Å². The second kappa shape index (κ2) is 8.97. The van der Waals surface area contributed by atoms with Gasteiger partial charge in [0, 0.05) is 16.6 Å². The first-order valence-electron chi connectivity index (χ1n) is 7.52. The fourth-order valence-electron chi connectivity index (χ4n) is 2.30. The average molecular weight is 429 g/mol. The second-order valence-electron chi connectivity index (χ2n) is 5.20. The fraction of sp³-hybridized carbons (Fsp3) is 0.278. The van der Waals surface area contributed by atoms with Crippen molar-refractivity contribution < 1.29 is 19.0 Å². The molecule has 0 radical (unpaired) electrons. The summed E-state index contributed by atoms with van der Waals surface area (Å²) in [5.41, 5.74) is 1.59. The van der Waals surface area contributed by atoms with Crippen LogP contribution in [0.1, 0.15) is 12.0 Å². The van der Waals surface area contributed by atoms with Crippen LogP contribution < -0.4 is 19.5 Å². The van der Waals surface area contributed by atoms with Crippen LogP contribution in [0, 0.1) is 0 Å². The number of ether oxygens (including phenoxy) is 3. The maximum Gasteiger partial charge on any atom is 0.224 e. The van der Waals surface area contributed by atoms with Crippen molar-refractivity contribution in [3.8, 4) is 17.2 Å². The Bertz CT molecular complexity index is 767. The summed E-state index contributed by atoms with van der Waals surface area (Å²) in [5.74, 6) is 1.72. The van der Waals surface area contributed by atoms with E-state index in [1.54, 1.807) is 39.5 Å². The molecule has 0 fully saturated rings. The van der Waals surface area contributed by atoms with E-state index in [9.17, 15) is 4.79 Å². The molecule has 2 aromatic rings. The lowest BCUT2D eigenvalue weighted by Gasteiger charge is -2.12. The molecule has 5 nitrogen and oxygen atoms in total. The number of halogens is 2. The smallest absolute Gasteiger partial charge is 0.224 e. The molecule has 1 N–H and O–H groups in total. The lowest BCUT2D eigenvalue weighted by atomic mass is 10.1. The summed E-state index contributed by atoms with van der Waals surface area (Å²) < 4.78 is 16.5. The normalized spacial score (nSPS) is 10.3. The lowest BCUT2D eigenvalue weighted by Crippen LogP contribution is -2.12. The molecule has 0 aliphatic carbocycles. The van der Waals surface area contributed by atoms with Crippen LogP contribution in [0.2, 0.25) is 5.02 Å². The van der Waals surface area contributed by atoms with Crippen molar-refractivity contribution in [2.45, 2.75) is 12.8 Å². The van der Waals surface area contributed by atoms with Crippen molar-refractivity contribution in [2.75, 3.05) is 26.6 Å². The van der Waals surface area contributed by atoms with Gasteiger partial charge in [0.1, 0.15) is 5.75 Å². The zero-order chi connectivity index (χ0) is 18.4. The van der Waals surface area contributed by atoms with Crippen molar-refractivity contribution in [3.05, 3.63) is 45.4 Å². The minimum absolute atomic E-state index is 0.108. The largest absolute Gasteiger partial charge is 0.495 e. The number of carbonyl (C=O) groups excluding carboxylic acids is 1. The molecule has 2 rings (SSSR count). The first-order valence-corrected chi connectivity index (χ1v) is 8.69. The number of methoxy groups -OCH3 is 3. The number of benzene rings is 2. The van der Waals surface area contributed by atoms with E-state index in [2.05, 4.69) is 21.2 Å². The predicted octanol–water partition coefficient (Wildman–Crippen LogP) is 4.70. The molecule has 2 aromatic carbocycles. The first-order chi connectivity index (χ1) is 12.0. The number of rotatable bonds is 7. The van der Waals surface area contributed by atoms with Crippen molar-refractivity contribution in [1.82, 2.24) is 0 Å². The van der Waals surface area contributed by atoms with Gasteiger partial charge in [-0.05, 0) is 42.3 Å². The molecule has 0 spiro atoms. The van der Waals surface area contributed by atoms with Gasteiger partial charge in [0.2, 0.25) is 5.91 Å². The van der Waals surface area contributed by atoms with Crippen LogP contribution in [-0.2, 0) is 11.2 Å². The van der Waals surface area contributed by atoms with Gasteiger partial charge in [0.05, 0.1) is 26.4 Å². The number of carbonyl (C=O) groups is 1. The Labute approximate surface area is 160 Å². The predicted molar refractivity (Wildman–Crippen MR) is 102 cm³/mol. The third-order valence-corrected chi connectivity index (χ3v) is 4.64. The highest BCUT2D eigenvalue weighted by molar-refractivity contribution is 9.10. The Morgan fingerprint density at radius 3 is 2.28 bits per heavy atom. The number of aryl methyl sites for hydroxylation is 1. The van der Waals surface area contributed by atoms with Crippen LogP contribution in [0.5, 0.6) is 17.2 Å². The number of anilines is 1. The third kappa shape index (κ3) is 5.03. The summed E-state index contributed by atoms with van der Waals surface area (Å²) in [6.45, 7) is 0. The SMILES string of the molecule is COc1ccc(NC(=O)CCc2cc(OC)c(OC)cc2Br)cc1Cl. The number of hydrogen-bond donors (Lipinski definition) is 1. The van der Waals surface area contributed by atoms with Gasteiger partial charge in [-0.15, -0.1) is 0 Å². The number of hydrogen-bond acceptors (Lipinski definition) is 4. The molecule has 7 heteroatoms. The highest BCUT2D eigenvalue weighted by Gasteiger charge is 2.12. The summed E-state index contributed by atoms with van der Waals surface area (Å²) in [4.78, 5) is 12.2. The molecule has 0 heterocycles. The molecular weight excluding hydrogens is 410 g/mol. The Morgan fingerprint density at radius 1 is 1.04 bits per heavy atom. The van der Waals surface area contributed by atoms with E-state index >= 15 is 0 Å². The summed E-state index contributed by atoms with van der Waals surface area (Å²) >= 11 is 9.56. The Hall–Kier alpha value is -1.92. The van der Waals surface area contributed by atoms with Gasteiger partial charge in [-0.25, -0.2) is 0 Å². The zero-order valence-corrected chi connectivity index (χ0v) is 16.5. The lowest BCUT2D eigenvalue weighted by molar-refractivity contribution is -0.116. The molecule has 0 aliphatic rings. The van der Waals surface area contributed by atoms with Crippen molar-refractivity contribution in [3.63, 3.8) is 0 Å². The van der Waals surface area contributed by atoms with Crippen LogP contribution in [-0.4, -0.2) is 27.2 Å². The van der Waals surface area contributed by atoms with Gasteiger partial charge in [0.25, 0.3) is 0 Å². The standard InChI is InChI=1S/C18H19BrClNO4/c1-23-15-6-5-12(9-14(15)20)21-18(22)7-4-11-8-16(24-2)17(25-3)10-13(11)19/h5-6,8-10H,4,7H2,1-3H3,(H,21,22). The monoisotopic (exact) mass is 427 g/mol. The van der Waals surface area contributed by atoms with E-state index in [0.29, 0.717) is 40.8 Å². The zero-order valence-electron chi connectivity index (χ0n) is 14.2. The second-order valence-corrected chi connectivity index (χ2v) is 6.46. The topological polar surface area (TPSA) is 56.8 Å². The quantitative estimate of drug-likeness (QED) is 0.694. The molecule has 25 heavy (non-hydrogen) atoms. The van der Waals surface area contributed by atoms with E-state index in [4.69, 9.17) is 25.8 Å². The molecule has 0 aromatic heterocycles. The molecule has 134 valence electrons. The van der Waals surface area contributed by atoms with Gasteiger partial charge in [-0.1, -0.05) is 27.5 Å². The van der Waals surface area contributed by atoms with Gasteiger partial charge in [0.15, 0.2) is 11.5 Å². The van der Waals surface area contributed by atoms with Crippen molar-refractivity contribution in [2.24, 2.45) is 0 Å². The van der Waals surface area contributed by atoms with Crippen LogP contribution in [0.4, 0.5) is 5.69 Å². The Balaban J connectivity index is 2.01. The first kappa shape index (κ1) is 19.4. The van der Waals surface area contributed by atoms with Gasteiger partial charge in [-0.2, -0.15) is 0 Å². The maximum absolute atomic E-state index is 12.2. The summed E-state index contributed by atoms with van der Waals surface area (Å²) in [6.07, 6.45) is 0.869. The van der Waals surface area contributed by atoms with Gasteiger partial charge in [-0.3, -0.25) is 4.79 Å². The third-order valence-electron chi connectivity index (χ3n) is 3.61. The molecule has 0 aliphatic heterocycles. The van der Waals surface area contributed by atoms with Crippen LogP contribution in [0.25, 0.3) is 0 Å². The molecular formula is C18H19BrClNO4. The van der Waals surface area contributed by atoms with E-state index < -0.39 is 0 Å². The Kier molecular flexibility index (Phi) is 6.96. The summed E-state index contributed by atoms with van der Waals surface area (Å²) in [7, 11) is 4.70. The van der Waals surface area contributed by atoms with Crippen molar-refractivity contribution in [1.29, 1.82) is 0 Å². The minimum atomic E-state index is -0.108. The average Bonchev–Trinajstić information content (AvgIpc) is 2.60. The number of amides is 1. The van der Waals surface area contributed by atoms with Crippen LogP contribution in [0.3, 0.4) is 0 Å². The minimum Gasteiger partial charge on any atom is -0.495 e. The molecule has 0 saturated carbocycles. The summed E-state index contributed by atoms with van der Waals surface area (Å²) in [6, 6.07) is 8.80. The van der Waals surface area contributed by atoms with E-state index in [1.165, 1.54) is 0 Å². The van der Waals surface area contributed by atoms with E-state index in [0.717, 1.165) is 10.0 Å². The van der Waals surface area contributed by atoms with Crippen LogP contribution >= 0.6 is 27.5 Å². The molecule has 0 bridgehead atoms. The van der Waals surface area contributed by atoms with E-state index in [1.807, 2.05) is 12.1 Å². The van der Waals surface area contributed by atoms with E-state index in [-0.39, 0.29) is 5.91 Å². The highest BCUT2D eigenvalue weighted by Crippen LogP contribution is 2.34. The maximum atomic E-state index is 12.2. The molecule has 1 amide bonds. The van der Waals surface area contributed by atoms with Gasteiger partial charge >= 0.3 is 0 Å². The Morgan fingerprint density at radius 2 is 1.68 bits per heavy atom.